The first-order valence-electron chi connectivity index (χ1n) is 6.80. The van der Waals surface area contributed by atoms with Gasteiger partial charge in [-0.05, 0) is 71.8 Å². The van der Waals surface area contributed by atoms with E-state index in [1.165, 1.54) is 35.3 Å². The summed E-state index contributed by atoms with van der Waals surface area (Å²) in [6, 6.07) is 9.29. The number of hydrogen-bond donors (Lipinski definition) is 1. The molecule has 1 aliphatic carbocycles. The predicted molar refractivity (Wildman–Crippen MR) is 85.0 cm³/mol. The molecule has 1 nitrogen and oxygen atoms in total. The molecule has 2 unspecified atom stereocenters. The lowest BCUT2D eigenvalue weighted by atomic mass is 10.1. The summed E-state index contributed by atoms with van der Waals surface area (Å²) in [6.45, 7) is 2.10. The zero-order valence-electron chi connectivity index (χ0n) is 11.1. The summed E-state index contributed by atoms with van der Waals surface area (Å²) in [4.78, 5) is 1.36. The number of hydrogen-bond acceptors (Lipinski definition) is 3. The first-order chi connectivity index (χ1) is 9.24. The van der Waals surface area contributed by atoms with Crippen molar-refractivity contribution < 1.29 is 0 Å². The lowest BCUT2D eigenvalue weighted by molar-refractivity contribution is 0.723. The lowest BCUT2D eigenvalue weighted by Crippen LogP contribution is -2.22. The van der Waals surface area contributed by atoms with Gasteiger partial charge in [0.05, 0.1) is 5.25 Å². The molecule has 1 aromatic carbocycles. The minimum atomic E-state index is 0.160. The van der Waals surface area contributed by atoms with Crippen LogP contribution in [0.15, 0.2) is 39.9 Å². The van der Waals surface area contributed by atoms with Crippen molar-refractivity contribution in [3.05, 3.63) is 51.7 Å². The van der Waals surface area contributed by atoms with Crippen molar-refractivity contribution in [3.8, 4) is 0 Å². The molecule has 2 N–H and O–H groups in total. The highest BCUT2D eigenvalue weighted by Crippen LogP contribution is 2.39. The van der Waals surface area contributed by atoms with Crippen molar-refractivity contribution in [2.45, 2.75) is 42.4 Å². The Balaban J connectivity index is 1.82. The molecule has 1 aromatic heterocycles. The summed E-state index contributed by atoms with van der Waals surface area (Å²) < 4.78 is 0. The van der Waals surface area contributed by atoms with Gasteiger partial charge in [-0.3, -0.25) is 0 Å². The molecule has 3 heteroatoms. The lowest BCUT2D eigenvalue weighted by Gasteiger charge is -2.20. The van der Waals surface area contributed by atoms with Crippen LogP contribution in [0.3, 0.4) is 0 Å². The number of aryl methyl sites for hydroxylation is 2. The van der Waals surface area contributed by atoms with Gasteiger partial charge in [0.2, 0.25) is 0 Å². The van der Waals surface area contributed by atoms with Crippen LogP contribution >= 0.6 is 23.1 Å². The Hall–Kier alpha value is -0.770. The Morgan fingerprint density at radius 3 is 2.79 bits per heavy atom. The summed E-state index contributed by atoms with van der Waals surface area (Å²) in [5.41, 5.74) is 10.6. The summed E-state index contributed by atoms with van der Waals surface area (Å²) in [5.74, 6) is 0. The van der Waals surface area contributed by atoms with Gasteiger partial charge in [0.15, 0.2) is 0 Å². The highest BCUT2D eigenvalue weighted by molar-refractivity contribution is 7.99. The third kappa shape index (κ3) is 2.88. The van der Waals surface area contributed by atoms with Crippen LogP contribution < -0.4 is 5.73 Å². The van der Waals surface area contributed by atoms with E-state index in [4.69, 9.17) is 5.73 Å². The molecule has 0 fully saturated rings. The zero-order chi connectivity index (χ0) is 13.2. The Bertz CT molecular complexity index is 546. The molecule has 0 saturated heterocycles. The fourth-order valence-corrected chi connectivity index (χ4v) is 4.61. The standard InChI is InChI=1S/C16H19NS2/c1-11(17)16(14-7-8-18-10-14)19-15-6-5-12-3-2-4-13(12)9-15/h5-11,16H,2-4,17H2,1H3. The molecule has 100 valence electrons. The molecule has 0 bridgehead atoms. The molecule has 1 heterocycles. The molecule has 0 radical (unpaired) electrons. The van der Waals surface area contributed by atoms with E-state index in [1.807, 2.05) is 11.8 Å². The van der Waals surface area contributed by atoms with Crippen molar-refractivity contribution in [1.82, 2.24) is 0 Å². The zero-order valence-corrected chi connectivity index (χ0v) is 12.8. The normalized spacial score (nSPS) is 17.2. The number of thiophene rings is 1. The van der Waals surface area contributed by atoms with Gasteiger partial charge >= 0.3 is 0 Å². The fourth-order valence-electron chi connectivity index (χ4n) is 2.68. The summed E-state index contributed by atoms with van der Waals surface area (Å²) in [5, 5.41) is 4.70. The third-order valence-electron chi connectivity index (χ3n) is 3.68. The second kappa shape index (κ2) is 5.70. The van der Waals surface area contributed by atoms with Gasteiger partial charge in [-0.15, -0.1) is 11.8 Å². The van der Waals surface area contributed by atoms with Gasteiger partial charge < -0.3 is 5.73 Å². The number of thioether (sulfide) groups is 1. The van der Waals surface area contributed by atoms with Gasteiger partial charge in [-0.2, -0.15) is 11.3 Å². The first-order valence-corrected chi connectivity index (χ1v) is 8.62. The smallest absolute Gasteiger partial charge is 0.0501 e. The van der Waals surface area contributed by atoms with E-state index >= 15 is 0 Å². The van der Waals surface area contributed by atoms with Gasteiger partial charge in [0, 0.05) is 10.9 Å². The average molecular weight is 289 g/mol. The minimum absolute atomic E-state index is 0.160. The molecular weight excluding hydrogens is 270 g/mol. The van der Waals surface area contributed by atoms with Crippen molar-refractivity contribution in [3.63, 3.8) is 0 Å². The maximum absolute atomic E-state index is 6.17. The van der Waals surface area contributed by atoms with Crippen molar-refractivity contribution in [1.29, 1.82) is 0 Å². The van der Waals surface area contributed by atoms with Gasteiger partial charge in [-0.25, -0.2) is 0 Å². The van der Waals surface area contributed by atoms with Gasteiger partial charge in [0.1, 0.15) is 0 Å². The minimum Gasteiger partial charge on any atom is -0.327 e. The van der Waals surface area contributed by atoms with Crippen LogP contribution in [0.4, 0.5) is 0 Å². The molecule has 19 heavy (non-hydrogen) atoms. The highest BCUT2D eigenvalue weighted by Gasteiger charge is 2.19. The highest BCUT2D eigenvalue weighted by atomic mass is 32.2. The maximum Gasteiger partial charge on any atom is 0.0501 e. The molecule has 0 saturated carbocycles. The SMILES string of the molecule is CC(N)C(Sc1ccc2c(c1)CCC2)c1ccsc1. The van der Waals surface area contributed by atoms with E-state index in [9.17, 15) is 0 Å². The number of nitrogens with two attached hydrogens (primary N) is 1. The van der Waals surface area contributed by atoms with Crippen LogP contribution in [0.1, 0.15) is 35.3 Å². The molecule has 0 aliphatic heterocycles. The van der Waals surface area contributed by atoms with E-state index in [1.54, 1.807) is 16.9 Å². The Labute approximate surface area is 123 Å². The van der Waals surface area contributed by atoms with Crippen LogP contribution in [0.5, 0.6) is 0 Å². The maximum atomic E-state index is 6.17. The van der Waals surface area contributed by atoms with E-state index in [0.717, 1.165) is 0 Å². The number of benzene rings is 1. The van der Waals surface area contributed by atoms with Crippen molar-refractivity contribution in [2.24, 2.45) is 5.73 Å². The van der Waals surface area contributed by atoms with E-state index in [2.05, 4.69) is 41.9 Å². The van der Waals surface area contributed by atoms with Crippen LogP contribution in [0, 0.1) is 0 Å². The quantitative estimate of drug-likeness (QED) is 0.843. The third-order valence-corrected chi connectivity index (χ3v) is 5.87. The summed E-state index contributed by atoms with van der Waals surface area (Å²) in [7, 11) is 0. The molecular formula is C16H19NS2. The monoisotopic (exact) mass is 289 g/mol. The van der Waals surface area contributed by atoms with Crippen LogP contribution in [0.2, 0.25) is 0 Å². The first kappa shape index (κ1) is 13.2. The second-order valence-electron chi connectivity index (χ2n) is 5.24. The van der Waals surface area contributed by atoms with Crippen LogP contribution in [0.25, 0.3) is 0 Å². The van der Waals surface area contributed by atoms with Crippen molar-refractivity contribution >= 4 is 23.1 Å². The van der Waals surface area contributed by atoms with E-state index in [0.29, 0.717) is 5.25 Å². The van der Waals surface area contributed by atoms with Crippen molar-refractivity contribution in [2.75, 3.05) is 0 Å². The molecule has 1 aliphatic rings. The molecule has 2 atom stereocenters. The number of fused-ring (bicyclic) bond motifs is 1. The predicted octanol–water partition coefficient (Wildman–Crippen LogP) is 4.42. The summed E-state index contributed by atoms with van der Waals surface area (Å²) >= 11 is 3.65. The van der Waals surface area contributed by atoms with Gasteiger partial charge in [0.25, 0.3) is 0 Å². The molecule has 2 aromatic rings. The molecule has 0 amide bonds. The topological polar surface area (TPSA) is 26.0 Å². The average Bonchev–Trinajstić information content (AvgIpc) is 3.06. The fraction of sp³-hybridized carbons (Fsp3) is 0.375. The molecule has 0 spiro atoms. The summed E-state index contributed by atoms with van der Waals surface area (Å²) in [6.07, 6.45) is 3.80. The molecule has 3 rings (SSSR count). The Morgan fingerprint density at radius 2 is 2.05 bits per heavy atom. The van der Waals surface area contributed by atoms with E-state index < -0.39 is 0 Å². The van der Waals surface area contributed by atoms with Crippen LogP contribution in [-0.4, -0.2) is 6.04 Å². The van der Waals surface area contributed by atoms with Crippen LogP contribution in [-0.2, 0) is 12.8 Å². The largest absolute Gasteiger partial charge is 0.327 e. The number of rotatable bonds is 4. The van der Waals surface area contributed by atoms with E-state index in [-0.39, 0.29) is 6.04 Å². The van der Waals surface area contributed by atoms with Gasteiger partial charge in [-0.1, -0.05) is 6.07 Å². The second-order valence-corrected chi connectivity index (χ2v) is 7.23. The Kier molecular flexibility index (Phi) is 3.96. The Morgan fingerprint density at radius 1 is 1.21 bits per heavy atom.